The Hall–Kier alpha value is -1.84. The van der Waals surface area contributed by atoms with E-state index in [2.05, 4.69) is 13.8 Å². The minimum atomic E-state index is -1.13. The highest BCUT2D eigenvalue weighted by Gasteiger charge is 2.49. The van der Waals surface area contributed by atoms with Crippen LogP contribution in [0.15, 0.2) is 48.5 Å². The summed E-state index contributed by atoms with van der Waals surface area (Å²) in [5.41, 5.74) is 7.03. The lowest BCUT2D eigenvalue weighted by atomic mass is 9.64. The second-order valence-corrected chi connectivity index (χ2v) is 6.57. The van der Waals surface area contributed by atoms with Crippen LogP contribution >= 0.6 is 0 Å². The average Bonchev–Trinajstić information content (AvgIpc) is 2.65. The minimum absolute atomic E-state index is 0.415. The first-order valence-electron chi connectivity index (χ1n) is 7.74. The van der Waals surface area contributed by atoms with E-state index in [1.165, 1.54) is 0 Å². The van der Waals surface area contributed by atoms with Crippen LogP contribution in [-0.4, -0.2) is 11.7 Å². The van der Waals surface area contributed by atoms with Crippen LogP contribution in [0.25, 0.3) is 0 Å². The molecule has 0 saturated heterocycles. The van der Waals surface area contributed by atoms with E-state index < -0.39 is 11.0 Å². The first kappa shape index (κ1) is 15.1. The molecule has 1 unspecified atom stereocenters. The lowest BCUT2D eigenvalue weighted by Gasteiger charge is -2.44. The Bertz CT molecular complexity index is 631. The van der Waals surface area contributed by atoms with Gasteiger partial charge >= 0.3 is 0 Å². The molecule has 1 atom stereocenters. The molecule has 0 aromatic heterocycles. The van der Waals surface area contributed by atoms with E-state index in [-0.39, 0.29) is 0 Å². The predicted octanol–water partition coefficient (Wildman–Crippen LogP) is 3.19. The maximum atomic E-state index is 11.9. The smallest absolute Gasteiger partial charge is 0.126 e. The number of hydrogen-bond acceptors (Lipinski definition) is 3. The average molecular weight is 297 g/mol. The first-order chi connectivity index (χ1) is 10.5. The zero-order valence-electron chi connectivity index (χ0n) is 13.2. The molecule has 1 aliphatic heterocycles. The van der Waals surface area contributed by atoms with Gasteiger partial charge < -0.3 is 15.6 Å². The van der Waals surface area contributed by atoms with Gasteiger partial charge in [0.15, 0.2) is 0 Å². The lowest BCUT2D eigenvalue weighted by Crippen LogP contribution is -2.44. The molecule has 3 heteroatoms. The van der Waals surface area contributed by atoms with Gasteiger partial charge in [0.05, 0.1) is 0 Å². The van der Waals surface area contributed by atoms with Crippen molar-refractivity contribution in [3.63, 3.8) is 0 Å². The summed E-state index contributed by atoms with van der Waals surface area (Å²) in [6.07, 6.45) is 0.714. The van der Waals surface area contributed by atoms with Crippen molar-refractivity contribution in [1.29, 1.82) is 0 Å². The van der Waals surface area contributed by atoms with Crippen LogP contribution in [0.3, 0.4) is 0 Å². The molecule has 1 aliphatic rings. The van der Waals surface area contributed by atoms with Crippen LogP contribution in [0.5, 0.6) is 5.75 Å². The van der Waals surface area contributed by atoms with Gasteiger partial charge in [0.2, 0.25) is 0 Å². The fourth-order valence-electron chi connectivity index (χ4n) is 3.46. The maximum absolute atomic E-state index is 11.9. The molecule has 0 bridgehead atoms. The summed E-state index contributed by atoms with van der Waals surface area (Å²) in [4.78, 5) is 0. The molecule has 3 rings (SSSR count). The first-order valence-corrected chi connectivity index (χ1v) is 7.74. The molecule has 3 N–H and O–H groups in total. The van der Waals surface area contributed by atoms with Crippen LogP contribution in [0.4, 0.5) is 0 Å². The van der Waals surface area contributed by atoms with Crippen LogP contribution in [0.1, 0.15) is 37.0 Å². The van der Waals surface area contributed by atoms with Crippen molar-refractivity contribution in [3.05, 3.63) is 65.2 Å². The number of fused-ring (bicyclic) bond motifs is 2. The van der Waals surface area contributed by atoms with Crippen LogP contribution in [0, 0.1) is 5.41 Å². The van der Waals surface area contributed by atoms with E-state index in [9.17, 15) is 5.11 Å². The number of rotatable bonds is 3. The van der Waals surface area contributed by atoms with Gasteiger partial charge in [-0.3, -0.25) is 0 Å². The summed E-state index contributed by atoms with van der Waals surface area (Å²) in [6, 6.07) is 15.7. The molecule has 116 valence electrons. The van der Waals surface area contributed by atoms with Gasteiger partial charge in [0, 0.05) is 11.0 Å². The van der Waals surface area contributed by atoms with Crippen molar-refractivity contribution < 1.29 is 9.84 Å². The third-order valence-electron chi connectivity index (χ3n) is 4.82. The van der Waals surface area contributed by atoms with E-state index in [1.807, 2.05) is 48.5 Å². The van der Waals surface area contributed by atoms with Crippen LogP contribution < -0.4 is 10.5 Å². The normalized spacial score (nSPS) is 20.5. The van der Waals surface area contributed by atoms with E-state index in [0.29, 0.717) is 19.6 Å². The molecule has 0 spiro atoms. The number of nitrogens with two attached hydrogens (primary N) is 1. The Labute approximate surface area is 131 Å². The topological polar surface area (TPSA) is 55.5 Å². The molecule has 0 aliphatic carbocycles. The fraction of sp³-hybridized carbons (Fsp3) is 0.368. The van der Waals surface area contributed by atoms with Gasteiger partial charge in [-0.2, -0.15) is 0 Å². The van der Waals surface area contributed by atoms with Crippen molar-refractivity contribution in [2.45, 2.75) is 32.5 Å². The highest BCUT2D eigenvalue weighted by atomic mass is 16.5. The second-order valence-electron chi connectivity index (χ2n) is 6.57. The van der Waals surface area contributed by atoms with Crippen molar-refractivity contribution in [1.82, 2.24) is 0 Å². The highest BCUT2D eigenvalue weighted by molar-refractivity contribution is 5.50. The molecule has 3 nitrogen and oxygen atoms in total. The van der Waals surface area contributed by atoms with Crippen molar-refractivity contribution in [3.8, 4) is 5.75 Å². The van der Waals surface area contributed by atoms with Gasteiger partial charge in [-0.25, -0.2) is 0 Å². The van der Waals surface area contributed by atoms with Crippen molar-refractivity contribution in [2.75, 3.05) is 6.54 Å². The molecule has 1 heterocycles. The zero-order chi connectivity index (χ0) is 15.8. The number of ether oxygens (including phenoxy) is 1. The number of aliphatic hydroxyl groups is 1. The van der Waals surface area contributed by atoms with Crippen molar-refractivity contribution in [2.24, 2.45) is 11.1 Å². The quantitative estimate of drug-likeness (QED) is 0.915. The Morgan fingerprint density at radius 3 is 2.45 bits per heavy atom. The van der Waals surface area contributed by atoms with Gasteiger partial charge in [0.1, 0.15) is 18.0 Å². The highest BCUT2D eigenvalue weighted by Crippen LogP contribution is 2.51. The van der Waals surface area contributed by atoms with Crippen LogP contribution in [0.2, 0.25) is 0 Å². The monoisotopic (exact) mass is 297 g/mol. The van der Waals surface area contributed by atoms with Gasteiger partial charge in [0.25, 0.3) is 0 Å². The molecular formula is C19H23NO2. The van der Waals surface area contributed by atoms with E-state index in [1.54, 1.807) is 0 Å². The standard InChI is InChI=1S/C19H23NO2/c1-18(2,11-12-20)19(21)15-8-4-3-7-14(15)13-22-17-10-6-5-9-16(17)19/h3-10,21H,11-13,20H2,1-2H3. The maximum Gasteiger partial charge on any atom is 0.126 e. The van der Waals surface area contributed by atoms with Crippen molar-refractivity contribution >= 4 is 0 Å². The van der Waals surface area contributed by atoms with Crippen LogP contribution in [-0.2, 0) is 12.2 Å². The SMILES string of the molecule is CC(C)(CCN)C1(O)c2ccccc2COc2ccccc21. The molecule has 22 heavy (non-hydrogen) atoms. The van der Waals surface area contributed by atoms with E-state index in [0.717, 1.165) is 22.4 Å². The third kappa shape index (κ3) is 2.13. The molecule has 0 amide bonds. The summed E-state index contributed by atoms with van der Waals surface area (Å²) in [5.74, 6) is 0.742. The molecular weight excluding hydrogens is 274 g/mol. The number of hydrogen-bond donors (Lipinski definition) is 2. The Balaban J connectivity index is 2.31. The summed E-state index contributed by atoms with van der Waals surface area (Å²) < 4.78 is 5.95. The Morgan fingerprint density at radius 2 is 1.73 bits per heavy atom. The largest absolute Gasteiger partial charge is 0.488 e. The number of benzene rings is 2. The Kier molecular flexibility index (Phi) is 3.71. The van der Waals surface area contributed by atoms with E-state index >= 15 is 0 Å². The molecule has 2 aromatic carbocycles. The van der Waals surface area contributed by atoms with Gasteiger partial charge in [-0.1, -0.05) is 56.3 Å². The molecule has 0 radical (unpaired) electrons. The predicted molar refractivity (Wildman–Crippen MR) is 87.7 cm³/mol. The van der Waals surface area contributed by atoms with Gasteiger partial charge in [-0.05, 0) is 30.2 Å². The zero-order valence-corrected chi connectivity index (χ0v) is 13.2. The summed E-state index contributed by atoms with van der Waals surface area (Å²) >= 11 is 0. The second kappa shape index (κ2) is 5.41. The lowest BCUT2D eigenvalue weighted by molar-refractivity contribution is -0.0405. The fourth-order valence-corrected chi connectivity index (χ4v) is 3.46. The Morgan fingerprint density at radius 1 is 1.09 bits per heavy atom. The molecule has 2 aromatic rings. The summed E-state index contributed by atoms with van der Waals surface area (Å²) in [7, 11) is 0. The third-order valence-corrected chi connectivity index (χ3v) is 4.82. The minimum Gasteiger partial charge on any atom is -0.488 e. The van der Waals surface area contributed by atoms with Gasteiger partial charge in [-0.15, -0.1) is 0 Å². The summed E-state index contributed by atoms with van der Waals surface area (Å²) in [6.45, 7) is 5.13. The molecule has 0 fully saturated rings. The number of para-hydroxylation sites is 1. The summed E-state index contributed by atoms with van der Waals surface area (Å²) in [5, 5.41) is 11.9. The van der Waals surface area contributed by atoms with E-state index in [4.69, 9.17) is 10.5 Å². The molecule has 0 saturated carbocycles.